The molecule has 1 aliphatic rings. The molecule has 0 spiro atoms. The van der Waals surface area contributed by atoms with Crippen molar-refractivity contribution in [3.63, 3.8) is 0 Å². The molecule has 2 aromatic heterocycles. The van der Waals surface area contributed by atoms with Crippen LogP contribution in [-0.4, -0.2) is 22.8 Å². The van der Waals surface area contributed by atoms with Gasteiger partial charge >= 0.3 is 0 Å². The Kier molecular flexibility index (Phi) is 4.35. The van der Waals surface area contributed by atoms with E-state index in [0.717, 1.165) is 11.1 Å². The number of rotatable bonds is 4. The fraction of sp³-hybridized carbons (Fsp3) is 0.174. The molecule has 0 aliphatic carbocycles. The zero-order valence-electron chi connectivity index (χ0n) is 16.5. The Morgan fingerprint density at radius 2 is 1.87 bits per heavy atom. The number of fused-ring (bicyclic) bond motifs is 2. The summed E-state index contributed by atoms with van der Waals surface area (Å²) >= 11 is 0. The largest absolute Gasteiger partial charge is 0.454 e. The van der Waals surface area contributed by atoms with Crippen molar-refractivity contribution in [1.29, 1.82) is 0 Å². The first-order valence-corrected chi connectivity index (χ1v) is 9.63. The molecule has 2 aromatic carbocycles. The van der Waals surface area contributed by atoms with E-state index < -0.39 is 0 Å². The first kappa shape index (κ1) is 18.2. The molecule has 150 valence electrons. The van der Waals surface area contributed by atoms with Gasteiger partial charge in [-0.3, -0.25) is 4.79 Å². The van der Waals surface area contributed by atoms with Crippen LogP contribution in [0.3, 0.4) is 0 Å². The normalized spacial score (nSPS) is 13.4. The van der Waals surface area contributed by atoms with Gasteiger partial charge in [-0.2, -0.15) is 0 Å². The number of carbonyl (C=O) groups excluding carboxylic acids is 1. The molecule has 0 saturated heterocycles. The van der Waals surface area contributed by atoms with E-state index in [1.807, 2.05) is 55.5 Å². The lowest BCUT2D eigenvalue weighted by atomic mass is 10.0. The van der Waals surface area contributed by atoms with Gasteiger partial charge in [0.25, 0.3) is 11.6 Å². The summed E-state index contributed by atoms with van der Waals surface area (Å²) in [6, 6.07) is 16.9. The van der Waals surface area contributed by atoms with Gasteiger partial charge in [0.1, 0.15) is 0 Å². The van der Waals surface area contributed by atoms with Crippen LogP contribution < -0.4 is 14.8 Å². The van der Waals surface area contributed by atoms with Crippen molar-refractivity contribution >= 4 is 17.0 Å². The molecule has 3 heterocycles. The average molecular weight is 401 g/mol. The number of aryl methyl sites for hydroxylation is 1. The summed E-state index contributed by atoms with van der Waals surface area (Å²) in [4.78, 5) is 17.8. The Morgan fingerprint density at radius 3 is 2.70 bits per heavy atom. The number of nitrogens with zero attached hydrogens (tertiary/aromatic N) is 2. The number of pyridine rings is 1. The minimum absolute atomic E-state index is 0.212. The predicted molar refractivity (Wildman–Crippen MR) is 110 cm³/mol. The summed E-state index contributed by atoms with van der Waals surface area (Å²) in [6.45, 7) is 3.93. The molecular weight excluding hydrogens is 382 g/mol. The highest BCUT2D eigenvalue weighted by Gasteiger charge is 2.22. The number of ether oxygens (including phenoxy) is 2. The SMILES string of the molecule is Cc1noc2nc(-c3ccccc3)cc(C(=O)NC(C)c3ccc4c(c3)OCO4)c12. The first-order chi connectivity index (χ1) is 14.6. The maximum absolute atomic E-state index is 13.2. The van der Waals surface area contributed by atoms with Crippen LogP contribution in [0.15, 0.2) is 59.1 Å². The monoisotopic (exact) mass is 401 g/mol. The third-order valence-corrected chi connectivity index (χ3v) is 5.18. The number of amides is 1. The van der Waals surface area contributed by atoms with Crippen molar-refractivity contribution in [1.82, 2.24) is 15.5 Å². The maximum Gasteiger partial charge on any atom is 0.259 e. The van der Waals surface area contributed by atoms with Crippen LogP contribution in [0.5, 0.6) is 11.5 Å². The van der Waals surface area contributed by atoms with Gasteiger partial charge in [-0.15, -0.1) is 0 Å². The second kappa shape index (κ2) is 7.18. The minimum Gasteiger partial charge on any atom is -0.454 e. The third kappa shape index (κ3) is 3.14. The molecule has 7 nitrogen and oxygen atoms in total. The van der Waals surface area contributed by atoms with E-state index in [1.165, 1.54) is 0 Å². The quantitative estimate of drug-likeness (QED) is 0.545. The molecule has 1 unspecified atom stereocenters. The molecule has 0 bridgehead atoms. The molecule has 1 aliphatic heterocycles. The van der Waals surface area contributed by atoms with E-state index in [9.17, 15) is 4.79 Å². The summed E-state index contributed by atoms with van der Waals surface area (Å²) in [5.74, 6) is 1.16. The maximum atomic E-state index is 13.2. The molecule has 4 aromatic rings. The third-order valence-electron chi connectivity index (χ3n) is 5.18. The van der Waals surface area contributed by atoms with Crippen molar-refractivity contribution in [3.8, 4) is 22.8 Å². The van der Waals surface area contributed by atoms with Crippen LogP contribution in [-0.2, 0) is 0 Å². The van der Waals surface area contributed by atoms with Crippen molar-refractivity contribution in [2.45, 2.75) is 19.9 Å². The van der Waals surface area contributed by atoms with Gasteiger partial charge in [-0.25, -0.2) is 4.98 Å². The van der Waals surface area contributed by atoms with Crippen molar-refractivity contribution in [2.75, 3.05) is 6.79 Å². The summed E-state index contributed by atoms with van der Waals surface area (Å²) in [5.41, 5.74) is 3.91. The summed E-state index contributed by atoms with van der Waals surface area (Å²) in [6.07, 6.45) is 0. The van der Waals surface area contributed by atoms with E-state index in [0.29, 0.717) is 39.6 Å². The van der Waals surface area contributed by atoms with E-state index >= 15 is 0 Å². The molecule has 1 amide bonds. The highest BCUT2D eigenvalue weighted by Crippen LogP contribution is 2.34. The Morgan fingerprint density at radius 1 is 1.07 bits per heavy atom. The van der Waals surface area contributed by atoms with Gasteiger partial charge in [-0.1, -0.05) is 41.6 Å². The van der Waals surface area contributed by atoms with Crippen LogP contribution in [0.4, 0.5) is 0 Å². The molecule has 0 fully saturated rings. The molecular formula is C23H19N3O4. The zero-order chi connectivity index (χ0) is 20.7. The second-order valence-electron chi connectivity index (χ2n) is 7.18. The minimum atomic E-state index is -0.240. The van der Waals surface area contributed by atoms with Crippen molar-refractivity contribution in [3.05, 3.63) is 71.4 Å². The van der Waals surface area contributed by atoms with Crippen molar-refractivity contribution < 1.29 is 18.8 Å². The Bertz CT molecular complexity index is 1250. The Hall–Kier alpha value is -3.87. The Balaban J connectivity index is 1.50. The summed E-state index contributed by atoms with van der Waals surface area (Å²) in [5, 5.41) is 7.68. The molecule has 7 heteroatoms. The smallest absolute Gasteiger partial charge is 0.259 e. The number of benzene rings is 2. The average Bonchev–Trinajstić information content (AvgIpc) is 3.39. The van der Waals surface area contributed by atoms with Gasteiger partial charge in [0, 0.05) is 5.56 Å². The van der Waals surface area contributed by atoms with Crippen LogP contribution in [0.2, 0.25) is 0 Å². The lowest BCUT2D eigenvalue weighted by Gasteiger charge is -2.15. The first-order valence-electron chi connectivity index (χ1n) is 9.63. The summed E-state index contributed by atoms with van der Waals surface area (Å²) in [7, 11) is 0. The number of hydrogen-bond donors (Lipinski definition) is 1. The lowest BCUT2D eigenvalue weighted by molar-refractivity contribution is 0.0941. The van der Waals surface area contributed by atoms with Gasteiger partial charge in [0.2, 0.25) is 6.79 Å². The molecule has 0 radical (unpaired) electrons. The zero-order valence-corrected chi connectivity index (χ0v) is 16.5. The van der Waals surface area contributed by atoms with Gasteiger partial charge in [0.15, 0.2) is 11.5 Å². The van der Waals surface area contributed by atoms with Gasteiger partial charge in [-0.05, 0) is 37.6 Å². The van der Waals surface area contributed by atoms with E-state index in [2.05, 4.69) is 15.5 Å². The molecule has 1 atom stereocenters. The fourth-order valence-electron chi connectivity index (χ4n) is 3.57. The van der Waals surface area contributed by atoms with E-state index in [-0.39, 0.29) is 18.7 Å². The molecule has 0 saturated carbocycles. The number of hydrogen-bond acceptors (Lipinski definition) is 6. The highest BCUT2D eigenvalue weighted by atomic mass is 16.7. The number of aromatic nitrogens is 2. The molecule has 30 heavy (non-hydrogen) atoms. The fourth-order valence-corrected chi connectivity index (χ4v) is 3.57. The van der Waals surface area contributed by atoms with E-state index in [4.69, 9.17) is 14.0 Å². The number of nitrogens with one attached hydrogen (secondary N) is 1. The standard InChI is InChI=1S/C23H19N3O4/c1-13(16-8-9-19-20(10-16)29-12-28-19)24-22(27)17-11-18(15-6-4-3-5-7-15)25-23-21(17)14(2)26-30-23/h3-11,13H,12H2,1-2H3,(H,24,27). The predicted octanol–water partition coefficient (Wildman–Crippen LogP) is 4.42. The molecule has 5 rings (SSSR count). The second-order valence-corrected chi connectivity index (χ2v) is 7.18. The number of carbonyl (C=O) groups is 1. The lowest BCUT2D eigenvalue weighted by Crippen LogP contribution is -2.27. The van der Waals surface area contributed by atoms with E-state index in [1.54, 1.807) is 13.0 Å². The topological polar surface area (TPSA) is 86.5 Å². The van der Waals surface area contributed by atoms with Crippen LogP contribution in [0.25, 0.3) is 22.4 Å². The van der Waals surface area contributed by atoms with Gasteiger partial charge in [0.05, 0.1) is 28.4 Å². The van der Waals surface area contributed by atoms with Crippen LogP contribution in [0.1, 0.15) is 34.6 Å². The molecule has 1 N–H and O–H groups in total. The van der Waals surface area contributed by atoms with Gasteiger partial charge < -0.3 is 19.3 Å². The Labute approximate surface area is 172 Å². The summed E-state index contributed by atoms with van der Waals surface area (Å²) < 4.78 is 16.2. The van der Waals surface area contributed by atoms with Crippen LogP contribution in [0, 0.1) is 6.92 Å². The highest BCUT2D eigenvalue weighted by molar-refractivity contribution is 6.07. The van der Waals surface area contributed by atoms with Crippen LogP contribution >= 0.6 is 0 Å². The van der Waals surface area contributed by atoms with Crippen molar-refractivity contribution in [2.24, 2.45) is 0 Å².